The molecule has 0 saturated carbocycles. The molecule has 4 nitrogen and oxygen atoms in total. The zero-order chi connectivity index (χ0) is 10.8. The zero-order valence-electron chi connectivity index (χ0n) is 9.16. The number of aryl methyl sites for hydroxylation is 1. The molecular weight excluding hydrogens is 178 g/mol. The van der Waals surface area contributed by atoms with Crippen molar-refractivity contribution in [2.24, 2.45) is 0 Å². The van der Waals surface area contributed by atoms with Gasteiger partial charge in [0.25, 0.3) is 5.91 Å². The number of rotatable bonds is 2. The van der Waals surface area contributed by atoms with Crippen molar-refractivity contribution >= 4 is 5.91 Å². The van der Waals surface area contributed by atoms with Crippen LogP contribution in [0.5, 0.6) is 0 Å². The minimum Gasteiger partial charge on any atom is -0.346 e. The van der Waals surface area contributed by atoms with Crippen molar-refractivity contribution in [2.75, 3.05) is 0 Å². The molecule has 0 atom stereocenters. The number of nitrogens with one attached hydrogen (secondary N) is 1. The lowest BCUT2D eigenvalue weighted by Crippen LogP contribution is -2.40. The van der Waals surface area contributed by atoms with Crippen LogP contribution in [0.1, 0.15) is 38.2 Å². The van der Waals surface area contributed by atoms with Gasteiger partial charge < -0.3 is 5.32 Å². The van der Waals surface area contributed by atoms with E-state index in [0.29, 0.717) is 5.69 Å². The van der Waals surface area contributed by atoms with E-state index in [1.165, 1.54) is 0 Å². The van der Waals surface area contributed by atoms with Gasteiger partial charge in [-0.3, -0.25) is 9.48 Å². The number of carbonyl (C=O) groups excluding carboxylic acids is 1. The van der Waals surface area contributed by atoms with E-state index in [1.54, 1.807) is 16.9 Å². The fourth-order valence-corrected chi connectivity index (χ4v) is 1.06. The lowest BCUT2D eigenvalue weighted by molar-refractivity contribution is 0.0913. The second kappa shape index (κ2) is 3.82. The van der Waals surface area contributed by atoms with Crippen LogP contribution in [-0.4, -0.2) is 21.2 Å². The van der Waals surface area contributed by atoms with E-state index in [0.717, 1.165) is 6.54 Å². The molecule has 1 aromatic rings. The lowest BCUT2D eigenvalue weighted by atomic mass is 10.1. The minimum atomic E-state index is -0.215. The van der Waals surface area contributed by atoms with Crippen molar-refractivity contribution in [3.8, 4) is 0 Å². The Balaban J connectivity index is 2.70. The van der Waals surface area contributed by atoms with Crippen molar-refractivity contribution in [1.29, 1.82) is 0 Å². The van der Waals surface area contributed by atoms with Gasteiger partial charge in [0.05, 0.1) is 0 Å². The fraction of sp³-hybridized carbons (Fsp3) is 0.600. The summed E-state index contributed by atoms with van der Waals surface area (Å²) in [4.78, 5) is 11.6. The van der Waals surface area contributed by atoms with Crippen molar-refractivity contribution < 1.29 is 4.79 Å². The maximum absolute atomic E-state index is 11.6. The van der Waals surface area contributed by atoms with Crippen LogP contribution in [0.3, 0.4) is 0 Å². The van der Waals surface area contributed by atoms with Gasteiger partial charge in [-0.05, 0) is 33.8 Å². The van der Waals surface area contributed by atoms with E-state index < -0.39 is 0 Å². The highest BCUT2D eigenvalue weighted by molar-refractivity contribution is 5.92. The van der Waals surface area contributed by atoms with Crippen LogP contribution in [0.4, 0.5) is 0 Å². The van der Waals surface area contributed by atoms with Crippen LogP contribution in [-0.2, 0) is 6.54 Å². The average molecular weight is 195 g/mol. The molecule has 1 aromatic heterocycles. The third-order valence-corrected chi connectivity index (χ3v) is 1.69. The molecule has 0 unspecified atom stereocenters. The highest BCUT2D eigenvalue weighted by Crippen LogP contribution is 2.02. The standard InChI is InChI=1S/C10H17N3O/c1-5-13-7-6-8(12-13)9(14)11-10(2,3)4/h6-7H,5H2,1-4H3,(H,11,14). The summed E-state index contributed by atoms with van der Waals surface area (Å²) in [5, 5.41) is 6.98. The zero-order valence-corrected chi connectivity index (χ0v) is 9.16. The Kier molecular flexibility index (Phi) is 2.93. The van der Waals surface area contributed by atoms with Gasteiger partial charge in [0.1, 0.15) is 5.69 Å². The molecule has 0 aromatic carbocycles. The first-order valence-corrected chi connectivity index (χ1v) is 4.78. The first kappa shape index (κ1) is 10.8. The molecule has 0 radical (unpaired) electrons. The van der Waals surface area contributed by atoms with Crippen LogP contribution in [0.15, 0.2) is 12.3 Å². The van der Waals surface area contributed by atoms with E-state index in [4.69, 9.17) is 0 Å². The molecule has 1 amide bonds. The smallest absolute Gasteiger partial charge is 0.272 e. The van der Waals surface area contributed by atoms with Crippen LogP contribution in [0.25, 0.3) is 0 Å². The van der Waals surface area contributed by atoms with E-state index >= 15 is 0 Å². The predicted molar refractivity (Wildman–Crippen MR) is 55.1 cm³/mol. The molecule has 0 aliphatic heterocycles. The Labute approximate surface area is 84.3 Å². The quantitative estimate of drug-likeness (QED) is 0.776. The Hall–Kier alpha value is -1.32. The molecule has 78 valence electrons. The molecular formula is C10H17N3O. The van der Waals surface area contributed by atoms with Crippen LogP contribution >= 0.6 is 0 Å². The summed E-state index contributed by atoms with van der Waals surface area (Å²) >= 11 is 0. The summed E-state index contributed by atoms with van der Waals surface area (Å²) < 4.78 is 1.73. The van der Waals surface area contributed by atoms with Crippen LogP contribution in [0.2, 0.25) is 0 Å². The predicted octanol–water partition coefficient (Wildman–Crippen LogP) is 1.43. The SMILES string of the molecule is CCn1ccc(C(=O)NC(C)(C)C)n1. The summed E-state index contributed by atoms with van der Waals surface area (Å²) in [6.45, 7) is 8.60. The third-order valence-electron chi connectivity index (χ3n) is 1.69. The number of hydrogen-bond donors (Lipinski definition) is 1. The van der Waals surface area contributed by atoms with Crippen LogP contribution in [0, 0.1) is 0 Å². The molecule has 4 heteroatoms. The Morgan fingerprint density at radius 3 is 2.64 bits per heavy atom. The molecule has 1 heterocycles. The van der Waals surface area contributed by atoms with Gasteiger partial charge in [0, 0.05) is 18.3 Å². The summed E-state index contributed by atoms with van der Waals surface area (Å²) in [6.07, 6.45) is 1.80. The van der Waals surface area contributed by atoms with Crippen molar-refractivity contribution in [3.05, 3.63) is 18.0 Å². The van der Waals surface area contributed by atoms with E-state index in [-0.39, 0.29) is 11.4 Å². The topological polar surface area (TPSA) is 46.9 Å². The number of amides is 1. The van der Waals surface area contributed by atoms with Gasteiger partial charge in [-0.15, -0.1) is 0 Å². The molecule has 1 rings (SSSR count). The monoisotopic (exact) mass is 195 g/mol. The minimum absolute atomic E-state index is 0.121. The lowest BCUT2D eigenvalue weighted by Gasteiger charge is -2.19. The largest absolute Gasteiger partial charge is 0.346 e. The normalized spacial score (nSPS) is 11.4. The van der Waals surface area contributed by atoms with Gasteiger partial charge in [-0.2, -0.15) is 5.10 Å². The Morgan fingerprint density at radius 2 is 2.21 bits per heavy atom. The van der Waals surface area contributed by atoms with Crippen LogP contribution < -0.4 is 5.32 Å². The average Bonchev–Trinajstić information content (AvgIpc) is 2.48. The second-order valence-corrected chi connectivity index (χ2v) is 4.26. The Bertz CT molecular complexity index is 322. The van der Waals surface area contributed by atoms with Gasteiger partial charge in [0.2, 0.25) is 0 Å². The second-order valence-electron chi connectivity index (χ2n) is 4.26. The molecule has 0 spiro atoms. The van der Waals surface area contributed by atoms with Gasteiger partial charge in [0.15, 0.2) is 0 Å². The first-order chi connectivity index (χ1) is 6.42. The van der Waals surface area contributed by atoms with E-state index in [2.05, 4.69) is 10.4 Å². The van der Waals surface area contributed by atoms with Crippen molar-refractivity contribution in [3.63, 3.8) is 0 Å². The summed E-state index contributed by atoms with van der Waals surface area (Å²) in [7, 11) is 0. The maximum Gasteiger partial charge on any atom is 0.272 e. The van der Waals surface area contributed by atoms with Gasteiger partial charge in [-0.25, -0.2) is 0 Å². The molecule has 1 N–H and O–H groups in total. The van der Waals surface area contributed by atoms with Crippen molar-refractivity contribution in [1.82, 2.24) is 15.1 Å². The molecule has 14 heavy (non-hydrogen) atoms. The number of nitrogens with zero attached hydrogens (tertiary/aromatic N) is 2. The summed E-state index contributed by atoms with van der Waals surface area (Å²) in [6, 6.07) is 1.73. The van der Waals surface area contributed by atoms with E-state index in [1.807, 2.05) is 27.7 Å². The molecule has 0 saturated heterocycles. The Morgan fingerprint density at radius 1 is 1.57 bits per heavy atom. The summed E-state index contributed by atoms with van der Waals surface area (Å²) in [5.74, 6) is -0.121. The van der Waals surface area contributed by atoms with Gasteiger partial charge >= 0.3 is 0 Å². The number of aromatic nitrogens is 2. The number of hydrogen-bond acceptors (Lipinski definition) is 2. The van der Waals surface area contributed by atoms with Gasteiger partial charge in [-0.1, -0.05) is 0 Å². The number of carbonyl (C=O) groups is 1. The first-order valence-electron chi connectivity index (χ1n) is 4.78. The fourth-order valence-electron chi connectivity index (χ4n) is 1.06. The summed E-state index contributed by atoms with van der Waals surface area (Å²) in [5.41, 5.74) is 0.259. The highest BCUT2D eigenvalue weighted by Gasteiger charge is 2.16. The molecule has 0 fully saturated rings. The maximum atomic E-state index is 11.6. The van der Waals surface area contributed by atoms with Crippen molar-refractivity contribution in [2.45, 2.75) is 39.8 Å². The molecule has 0 bridgehead atoms. The third kappa shape index (κ3) is 2.87. The molecule has 0 aliphatic carbocycles. The van der Waals surface area contributed by atoms with E-state index in [9.17, 15) is 4.79 Å². The highest BCUT2D eigenvalue weighted by atomic mass is 16.2. The molecule has 0 aliphatic rings.